The molecule has 0 saturated carbocycles. The molecular formula is C15H20N2. The lowest BCUT2D eigenvalue weighted by Gasteiger charge is -2.15. The van der Waals surface area contributed by atoms with Crippen LogP contribution in [0.2, 0.25) is 0 Å². The van der Waals surface area contributed by atoms with Crippen LogP contribution in [0.4, 0.5) is 0 Å². The van der Waals surface area contributed by atoms with Crippen LogP contribution in [0.1, 0.15) is 30.4 Å². The molecule has 1 unspecified atom stereocenters. The van der Waals surface area contributed by atoms with Crippen molar-refractivity contribution < 1.29 is 0 Å². The molecule has 90 valence electrons. The number of benzene rings is 1. The lowest BCUT2D eigenvalue weighted by atomic mass is 9.95. The Morgan fingerprint density at radius 3 is 2.82 bits per heavy atom. The summed E-state index contributed by atoms with van der Waals surface area (Å²) in [5.41, 5.74) is 3.71. The average molecular weight is 228 g/mol. The second kappa shape index (κ2) is 5.28. The highest BCUT2D eigenvalue weighted by Crippen LogP contribution is 2.23. The predicted octanol–water partition coefficient (Wildman–Crippen LogP) is 3.26. The van der Waals surface area contributed by atoms with Gasteiger partial charge in [-0.25, -0.2) is 0 Å². The molecule has 0 radical (unpaired) electrons. The van der Waals surface area contributed by atoms with Crippen LogP contribution in [0.5, 0.6) is 0 Å². The van der Waals surface area contributed by atoms with Crippen molar-refractivity contribution in [2.75, 3.05) is 13.6 Å². The van der Waals surface area contributed by atoms with Gasteiger partial charge in [0.2, 0.25) is 0 Å². The van der Waals surface area contributed by atoms with Crippen LogP contribution in [0.15, 0.2) is 30.5 Å². The SMILES string of the molecule is CCC(CNC)c1ccc2ncc(C)cc2c1. The molecular weight excluding hydrogens is 208 g/mol. The molecule has 1 aromatic carbocycles. The van der Waals surface area contributed by atoms with E-state index in [-0.39, 0.29) is 0 Å². The number of hydrogen-bond acceptors (Lipinski definition) is 2. The standard InChI is InChI=1S/C15H20N2/c1-4-12(10-16-3)13-5-6-15-14(8-13)7-11(2)9-17-15/h5-9,12,16H,4,10H2,1-3H3. The van der Waals surface area contributed by atoms with Crippen LogP contribution in [-0.4, -0.2) is 18.6 Å². The van der Waals surface area contributed by atoms with Gasteiger partial charge in [0.05, 0.1) is 5.52 Å². The number of nitrogens with zero attached hydrogens (tertiary/aromatic N) is 1. The Morgan fingerprint density at radius 1 is 1.29 bits per heavy atom. The van der Waals surface area contributed by atoms with E-state index in [0.717, 1.165) is 18.5 Å². The van der Waals surface area contributed by atoms with E-state index in [1.165, 1.54) is 16.5 Å². The molecule has 1 aromatic heterocycles. The highest BCUT2D eigenvalue weighted by Gasteiger charge is 2.08. The summed E-state index contributed by atoms with van der Waals surface area (Å²) in [5, 5.41) is 4.51. The van der Waals surface area contributed by atoms with Gasteiger partial charge in [0.15, 0.2) is 0 Å². The van der Waals surface area contributed by atoms with Crippen molar-refractivity contribution in [1.29, 1.82) is 0 Å². The number of hydrogen-bond donors (Lipinski definition) is 1. The number of likely N-dealkylation sites (N-methyl/N-ethyl adjacent to an activating group) is 1. The minimum Gasteiger partial charge on any atom is -0.319 e. The summed E-state index contributed by atoms with van der Waals surface area (Å²) in [6.45, 7) is 5.35. The monoisotopic (exact) mass is 228 g/mol. The first-order valence-corrected chi connectivity index (χ1v) is 6.25. The summed E-state index contributed by atoms with van der Waals surface area (Å²) >= 11 is 0. The summed E-state index contributed by atoms with van der Waals surface area (Å²) in [6, 6.07) is 8.82. The van der Waals surface area contributed by atoms with Gasteiger partial charge in [-0.05, 0) is 55.6 Å². The van der Waals surface area contributed by atoms with E-state index in [0.29, 0.717) is 5.92 Å². The first-order chi connectivity index (χ1) is 8.24. The first-order valence-electron chi connectivity index (χ1n) is 6.25. The maximum Gasteiger partial charge on any atom is 0.0702 e. The largest absolute Gasteiger partial charge is 0.319 e. The van der Waals surface area contributed by atoms with Crippen LogP contribution >= 0.6 is 0 Å². The number of nitrogens with one attached hydrogen (secondary N) is 1. The fourth-order valence-corrected chi connectivity index (χ4v) is 2.26. The van der Waals surface area contributed by atoms with Crippen molar-refractivity contribution in [3.8, 4) is 0 Å². The van der Waals surface area contributed by atoms with E-state index in [4.69, 9.17) is 0 Å². The van der Waals surface area contributed by atoms with E-state index in [2.05, 4.69) is 48.4 Å². The van der Waals surface area contributed by atoms with Crippen molar-refractivity contribution in [1.82, 2.24) is 10.3 Å². The molecule has 2 heteroatoms. The molecule has 0 aliphatic rings. The number of fused-ring (bicyclic) bond motifs is 1. The summed E-state index contributed by atoms with van der Waals surface area (Å²) in [7, 11) is 2.01. The number of aromatic nitrogens is 1. The van der Waals surface area contributed by atoms with Crippen molar-refractivity contribution >= 4 is 10.9 Å². The van der Waals surface area contributed by atoms with Gasteiger partial charge >= 0.3 is 0 Å². The number of aryl methyl sites for hydroxylation is 1. The van der Waals surface area contributed by atoms with Gasteiger partial charge in [-0.3, -0.25) is 4.98 Å². The Bertz CT molecular complexity index is 505. The summed E-state index contributed by atoms with van der Waals surface area (Å²) in [4.78, 5) is 4.44. The number of rotatable bonds is 4. The van der Waals surface area contributed by atoms with Crippen LogP contribution in [0.25, 0.3) is 10.9 Å². The van der Waals surface area contributed by atoms with Gasteiger partial charge in [-0.15, -0.1) is 0 Å². The third-order valence-corrected chi connectivity index (χ3v) is 3.26. The third-order valence-electron chi connectivity index (χ3n) is 3.26. The molecule has 2 rings (SSSR count). The second-order valence-corrected chi connectivity index (χ2v) is 4.63. The molecule has 0 spiro atoms. The highest BCUT2D eigenvalue weighted by molar-refractivity contribution is 5.79. The van der Waals surface area contributed by atoms with Gasteiger partial charge < -0.3 is 5.32 Å². The second-order valence-electron chi connectivity index (χ2n) is 4.63. The van der Waals surface area contributed by atoms with Crippen molar-refractivity contribution in [2.24, 2.45) is 0 Å². The molecule has 0 bridgehead atoms. The fraction of sp³-hybridized carbons (Fsp3) is 0.400. The molecule has 0 amide bonds. The number of pyridine rings is 1. The molecule has 1 heterocycles. The molecule has 1 atom stereocenters. The maximum absolute atomic E-state index is 4.44. The molecule has 0 saturated heterocycles. The lowest BCUT2D eigenvalue weighted by molar-refractivity contribution is 0.612. The Balaban J connectivity index is 2.41. The summed E-state index contributed by atoms with van der Waals surface area (Å²) in [5.74, 6) is 0.588. The molecule has 0 aliphatic heterocycles. The van der Waals surface area contributed by atoms with Gasteiger partial charge in [0.1, 0.15) is 0 Å². The lowest BCUT2D eigenvalue weighted by Crippen LogP contribution is -2.16. The Labute approximate surface area is 103 Å². The normalized spacial score (nSPS) is 12.9. The highest BCUT2D eigenvalue weighted by atomic mass is 14.8. The Morgan fingerprint density at radius 2 is 2.12 bits per heavy atom. The fourth-order valence-electron chi connectivity index (χ4n) is 2.26. The van der Waals surface area contributed by atoms with Crippen LogP contribution in [-0.2, 0) is 0 Å². The van der Waals surface area contributed by atoms with Crippen molar-refractivity contribution in [3.63, 3.8) is 0 Å². The zero-order chi connectivity index (χ0) is 12.3. The van der Waals surface area contributed by atoms with E-state index < -0.39 is 0 Å². The van der Waals surface area contributed by atoms with Crippen LogP contribution < -0.4 is 5.32 Å². The van der Waals surface area contributed by atoms with E-state index in [1.807, 2.05) is 13.2 Å². The van der Waals surface area contributed by atoms with Gasteiger partial charge in [0.25, 0.3) is 0 Å². The smallest absolute Gasteiger partial charge is 0.0702 e. The molecule has 2 aromatic rings. The molecule has 1 N–H and O–H groups in total. The minimum atomic E-state index is 0.588. The Kier molecular flexibility index (Phi) is 3.75. The summed E-state index contributed by atoms with van der Waals surface area (Å²) < 4.78 is 0. The van der Waals surface area contributed by atoms with E-state index >= 15 is 0 Å². The van der Waals surface area contributed by atoms with Gasteiger partial charge in [-0.2, -0.15) is 0 Å². The topological polar surface area (TPSA) is 24.9 Å². The van der Waals surface area contributed by atoms with Gasteiger partial charge in [-0.1, -0.05) is 13.0 Å². The van der Waals surface area contributed by atoms with E-state index in [9.17, 15) is 0 Å². The van der Waals surface area contributed by atoms with E-state index in [1.54, 1.807) is 0 Å². The molecule has 0 fully saturated rings. The summed E-state index contributed by atoms with van der Waals surface area (Å²) in [6.07, 6.45) is 3.08. The minimum absolute atomic E-state index is 0.588. The van der Waals surface area contributed by atoms with Crippen molar-refractivity contribution in [2.45, 2.75) is 26.2 Å². The van der Waals surface area contributed by atoms with Gasteiger partial charge in [0, 0.05) is 18.1 Å². The van der Waals surface area contributed by atoms with Crippen molar-refractivity contribution in [3.05, 3.63) is 41.6 Å². The molecule has 17 heavy (non-hydrogen) atoms. The Hall–Kier alpha value is -1.41. The predicted molar refractivity (Wildman–Crippen MR) is 73.4 cm³/mol. The quantitative estimate of drug-likeness (QED) is 0.869. The molecule has 0 aliphatic carbocycles. The molecule has 2 nitrogen and oxygen atoms in total. The first kappa shape index (κ1) is 12.1. The zero-order valence-electron chi connectivity index (χ0n) is 10.8. The van der Waals surface area contributed by atoms with Crippen LogP contribution in [0.3, 0.4) is 0 Å². The third kappa shape index (κ3) is 2.64. The maximum atomic E-state index is 4.44. The van der Waals surface area contributed by atoms with Crippen LogP contribution in [0, 0.1) is 6.92 Å². The average Bonchev–Trinajstić information content (AvgIpc) is 2.35. The zero-order valence-corrected chi connectivity index (χ0v) is 10.8.